The molecule has 3 aromatic rings. The number of carbonyl (C=O) groups excluding carboxylic acids is 1. The molecule has 4 N–H and O–H groups in total. The Morgan fingerprint density at radius 1 is 1.10 bits per heavy atom. The highest BCUT2D eigenvalue weighted by Gasteiger charge is 2.09. The molecule has 0 aliphatic heterocycles. The number of rotatable bonds is 8. The lowest BCUT2D eigenvalue weighted by atomic mass is 10.00. The standard InChI is InChI=1S/C24H25N5O/c1-26-24(30)17-29-23-10-9-20(19-7-3-2-4-8-19)14-21(23)22(25)11-13-28-16-18-6-5-12-27-15-18/h2-15,29H,16-17,25H2,1H3,(H,26,30). The number of nitrogens with two attached hydrogens (primary N) is 1. The zero-order valence-electron chi connectivity index (χ0n) is 16.9. The molecule has 1 aromatic heterocycles. The monoisotopic (exact) mass is 399 g/mol. The summed E-state index contributed by atoms with van der Waals surface area (Å²) in [5.41, 5.74) is 11.7. The molecule has 0 spiro atoms. The molecule has 0 saturated carbocycles. The number of nitrogens with zero attached hydrogens (tertiary/aromatic N) is 2. The van der Waals surface area contributed by atoms with Gasteiger partial charge in [-0.1, -0.05) is 42.5 Å². The number of hydrogen-bond acceptors (Lipinski definition) is 5. The normalized spacial score (nSPS) is 11.4. The van der Waals surface area contributed by atoms with Crippen LogP contribution in [0.4, 0.5) is 5.69 Å². The summed E-state index contributed by atoms with van der Waals surface area (Å²) in [7, 11) is 1.61. The number of hydrogen-bond donors (Lipinski definition) is 3. The number of pyridine rings is 1. The van der Waals surface area contributed by atoms with Gasteiger partial charge >= 0.3 is 0 Å². The Kier molecular flexibility index (Phi) is 7.33. The van der Waals surface area contributed by atoms with Crippen molar-refractivity contribution in [2.45, 2.75) is 6.54 Å². The summed E-state index contributed by atoms with van der Waals surface area (Å²) >= 11 is 0. The molecule has 6 heteroatoms. The fraction of sp³-hybridized carbons (Fsp3) is 0.125. The van der Waals surface area contributed by atoms with E-state index in [1.807, 2.05) is 60.7 Å². The summed E-state index contributed by atoms with van der Waals surface area (Å²) in [4.78, 5) is 20.1. The summed E-state index contributed by atoms with van der Waals surface area (Å²) in [6, 6.07) is 19.9. The highest BCUT2D eigenvalue weighted by Crippen LogP contribution is 2.28. The average Bonchev–Trinajstić information content (AvgIpc) is 2.81. The summed E-state index contributed by atoms with van der Waals surface area (Å²) in [6.07, 6.45) is 6.98. The van der Waals surface area contributed by atoms with E-state index in [1.54, 1.807) is 31.7 Å². The van der Waals surface area contributed by atoms with E-state index in [-0.39, 0.29) is 12.5 Å². The van der Waals surface area contributed by atoms with Crippen molar-refractivity contribution in [3.05, 3.63) is 90.3 Å². The predicted octanol–water partition coefficient (Wildman–Crippen LogP) is 3.48. The van der Waals surface area contributed by atoms with Crippen molar-refractivity contribution < 1.29 is 4.79 Å². The second-order valence-electron chi connectivity index (χ2n) is 6.63. The number of anilines is 1. The van der Waals surface area contributed by atoms with Crippen molar-refractivity contribution >= 4 is 23.5 Å². The number of carbonyl (C=O) groups is 1. The number of nitrogens with one attached hydrogen (secondary N) is 2. The SMILES string of the molecule is CNC(=O)CNc1ccc(-c2ccccc2)cc1C(N)=CC=NCc1cccnc1. The van der Waals surface area contributed by atoms with Gasteiger partial charge in [0, 0.05) is 42.6 Å². The van der Waals surface area contributed by atoms with E-state index in [2.05, 4.69) is 20.6 Å². The number of likely N-dealkylation sites (N-methyl/N-ethyl adjacent to an activating group) is 1. The van der Waals surface area contributed by atoms with Crippen LogP contribution in [0.3, 0.4) is 0 Å². The molecule has 3 rings (SSSR count). The summed E-state index contributed by atoms with van der Waals surface area (Å²) in [5.74, 6) is -0.103. The Balaban J connectivity index is 1.85. The molecule has 6 nitrogen and oxygen atoms in total. The summed E-state index contributed by atoms with van der Waals surface area (Å²) in [5, 5.41) is 5.76. The van der Waals surface area contributed by atoms with E-state index in [1.165, 1.54) is 0 Å². The Bertz CT molecular complexity index is 1030. The molecule has 1 amide bonds. The zero-order chi connectivity index (χ0) is 21.2. The van der Waals surface area contributed by atoms with Crippen molar-refractivity contribution in [3.63, 3.8) is 0 Å². The lowest BCUT2D eigenvalue weighted by Gasteiger charge is -2.14. The highest BCUT2D eigenvalue weighted by atomic mass is 16.1. The van der Waals surface area contributed by atoms with Gasteiger partial charge in [-0.05, 0) is 41.0 Å². The van der Waals surface area contributed by atoms with Crippen LogP contribution in [0.25, 0.3) is 16.8 Å². The molecule has 152 valence electrons. The molecule has 0 unspecified atom stereocenters. The van der Waals surface area contributed by atoms with Gasteiger partial charge in [0.05, 0.1) is 13.1 Å². The van der Waals surface area contributed by atoms with Crippen molar-refractivity contribution in [1.82, 2.24) is 10.3 Å². The molecule has 1 heterocycles. The minimum Gasteiger partial charge on any atom is -0.398 e. The first-order valence-electron chi connectivity index (χ1n) is 9.66. The largest absolute Gasteiger partial charge is 0.398 e. The molecule has 2 aromatic carbocycles. The third-order valence-corrected chi connectivity index (χ3v) is 4.51. The molecule has 0 radical (unpaired) electrons. The quantitative estimate of drug-likeness (QED) is 0.506. The van der Waals surface area contributed by atoms with Crippen LogP contribution in [0.2, 0.25) is 0 Å². The zero-order valence-corrected chi connectivity index (χ0v) is 16.9. The van der Waals surface area contributed by atoms with Crippen LogP contribution in [-0.2, 0) is 11.3 Å². The number of aromatic nitrogens is 1. The topological polar surface area (TPSA) is 92.4 Å². The Labute approximate surface area is 176 Å². The van der Waals surface area contributed by atoms with E-state index < -0.39 is 0 Å². The fourth-order valence-electron chi connectivity index (χ4n) is 2.88. The van der Waals surface area contributed by atoms with Crippen LogP contribution in [0.1, 0.15) is 11.1 Å². The van der Waals surface area contributed by atoms with Crippen LogP contribution < -0.4 is 16.4 Å². The van der Waals surface area contributed by atoms with Crippen molar-refractivity contribution in [1.29, 1.82) is 0 Å². The van der Waals surface area contributed by atoms with Gasteiger partial charge in [-0.2, -0.15) is 0 Å². The maximum absolute atomic E-state index is 11.7. The van der Waals surface area contributed by atoms with Gasteiger partial charge in [-0.25, -0.2) is 0 Å². The number of amides is 1. The molecule has 0 aliphatic rings. The van der Waals surface area contributed by atoms with Crippen LogP contribution in [0, 0.1) is 0 Å². The minimum absolute atomic E-state index is 0.103. The van der Waals surface area contributed by atoms with Crippen LogP contribution in [0.5, 0.6) is 0 Å². The molecule has 30 heavy (non-hydrogen) atoms. The van der Waals surface area contributed by atoms with Gasteiger partial charge in [0.1, 0.15) is 0 Å². The predicted molar refractivity (Wildman–Crippen MR) is 123 cm³/mol. The average molecular weight is 399 g/mol. The molecule has 0 atom stereocenters. The van der Waals surface area contributed by atoms with E-state index >= 15 is 0 Å². The van der Waals surface area contributed by atoms with E-state index in [0.717, 1.165) is 27.9 Å². The van der Waals surface area contributed by atoms with Crippen molar-refractivity contribution in [2.24, 2.45) is 10.7 Å². The Hall–Kier alpha value is -3.93. The third kappa shape index (κ3) is 5.78. The maximum Gasteiger partial charge on any atom is 0.239 e. The van der Waals surface area contributed by atoms with Crippen molar-refractivity contribution in [3.8, 4) is 11.1 Å². The number of allylic oxidation sites excluding steroid dienone is 1. The van der Waals surface area contributed by atoms with Crippen LogP contribution in [-0.4, -0.2) is 30.7 Å². The lowest BCUT2D eigenvalue weighted by molar-refractivity contribution is -0.118. The van der Waals surface area contributed by atoms with Gasteiger partial charge < -0.3 is 16.4 Å². The first-order chi connectivity index (χ1) is 14.7. The molecule has 0 fully saturated rings. The lowest BCUT2D eigenvalue weighted by Crippen LogP contribution is -2.26. The third-order valence-electron chi connectivity index (χ3n) is 4.51. The first kappa shape index (κ1) is 20.8. The van der Waals surface area contributed by atoms with Gasteiger partial charge in [-0.15, -0.1) is 0 Å². The Morgan fingerprint density at radius 2 is 1.93 bits per heavy atom. The maximum atomic E-state index is 11.7. The smallest absolute Gasteiger partial charge is 0.239 e. The second-order valence-corrected chi connectivity index (χ2v) is 6.63. The molecular formula is C24H25N5O. The van der Waals surface area contributed by atoms with E-state index in [9.17, 15) is 4.79 Å². The first-order valence-corrected chi connectivity index (χ1v) is 9.66. The van der Waals surface area contributed by atoms with Crippen LogP contribution in [0.15, 0.2) is 84.1 Å². The molecular weight excluding hydrogens is 374 g/mol. The Morgan fingerprint density at radius 3 is 2.67 bits per heavy atom. The van der Waals surface area contributed by atoms with Gasteiger partial charge in [-0.3, -0.25) is 14.8 Å². The number of aliphatic imine (C=N–C) groups is 1. The second kappa shape index (κ2) is 10.6. The molecule has 0 bridgehead atoms. The van der Waals surface area contributed by atoms with E-state index in [0.29, 0.717) is 12.2 Å². The van der Waals surface area contributed by atoms with Gasteiger partial charge in [0.2, 0.25) is 5.91 Å². The fourth-order valence-corrected chi connectivity index (χ4v) is 2.88. The molecule has 0 saturated heterocycles. The summed E-state index contributed by atoms with van der Waals surface area (Å²) in [6.45, 7) is 0.694. The number of benzene rings is 2. The van der Waals surface area contributed by atoms with Gasteiger partial charge in [0.25, 0.3) is 0 Å². The molecule has 0 aliphatic carbocycles. The highest BCUT2D eigenvalue weighted by molar-refractivity contribution is 5.89. The van der Waals surface area contributed by atoms with Crippen molar-refractivity contribution in [2.75, 3.05) is 18.9 Å². The van der Waals surface area contributed by atoms with E-state index in [4.69, 9.17) is 5.73 Å². The summed E-state index contributed by atoms with van der Waals surface area (Å²) < 4.78 is 0. The minimum atomic E-state index is -0.103. The van der Waals surface area contributed by atoms with Crippen LogP contribution >= 0.6 is 0 Å². The van der Waals surface area contributed by atoms with Gasteiger partial charge in [0.15, 0.2) is 0 Å².